The minimum Gasteiger partial charge on any atom is -0.377 e. The number of ether oxygens (including phenoxy) is 1. The highest BCUT2D eigenvalue weighted by molar-refractivity contribution is 8.00. The smallest absolute Gasteiger partial charge is 0.377 e. The molecule has 0 aromatic carbocycles. The SMILES string of the molecule is COCC(=O)CCCSC(F)(F)F. The molecule has 0 heterocycles. The molecule has 2 nitrogen and oxygen atoms in total. The number of halogens is 3. The molecule has 0 fully saturated rings. The molecule has 0 bridgehead atoms. The second-order valence-corrected chi connectivity index (χ2v) is 3.53. The van der Waals surface area contributed by atoms with Crippen LogP contribution in [0.3, 0.4) is 0 Å². The van der Waals surface area contributed by atoms with Crippen LogP contribution in [0, 0.1) is 0 Å². The van der Waals surface area contributed by atoms with E-state index in [9.17, 15) is 18.0 Å². The van der Waals surface area contributed by atoms with E-state index in [0.29, 0.717) is 0 Å². The predicted octanol–water partition coefficient (Wildman–Crippen LogP) is 2.24. The number of rotatable bonds is 6. The zero-order valence-corrected chi connectivity index (χ0v) is 8.00. The Bertz CT molecular complexity index is 158. The second-order valence-electron chi connectivity index (χ2n) is 2.37. The van der Waals surface area contributed by atoms with Crippen molar-refractivity contribution >= 4 is 17.5 Å². The number of hydrogen-bond acceptors (Lipinski definition) is 3. The molecule has 78 valence electrons. The zero-order valence-electron chi connectivity index (χ0n) is 7.19. The van der Waals surface area contributed by atoms with Crippen molar-refractivity contribution in [1.29, 1.82) is 0 Å². The lowest BCUT2D eigenvalue weighted by molar-refractivity contribution is -0.122. The molecular formula is C7H11F3O2S. The largest absolute Gasteiger partial charge is 0.441 e. The molecule has 0 saturated carbocycles. The number of hydrogen-bond donors (Lipinski definition) is 0. The monoisotopic (exact) mass is 216 g/mol. The summed E-state index contributed by atoms with van der Waals surface area (Å²) in [5, 5.41) is 0. The highest BCUT2D eigenvalue weighted by Gasteiger charge is 2.27. The fourth-order valence-electron chi connectivity index (χ4n) is 0.690. The molecule has 13 heavy (non-hydrogen) atoms. The average molecular weight is 216 g/mol. The Morgan fingerprint density at radius 2 is 2.08 bits per heavy atom. The normalized spacial score (nSPS) is 11.7. The molecule has 0 amide bonds. The Kier molecular flexibility index (Phi) is 6.15. The highest BCUT2D eigenvalue weighted by atomic mass is 32.2. The van der Waals surface area contributed by atoms with Crippen LogP contribution in [0.5, 0.6) is 0 Å². The molecule has 0 aromatic rings. The van der Waals surface area contributed by atoms with Crippen molar-refractivity contribution in [3.63, 3.8) is 0 Å². The molecule has 0 atom stereocenters. The third-order valence-corrected chi connectivity index (χ3v) is 1.99. The third-order valence-electron chi connectivity index (χ3n) is 1.17. The van der Waals surface area contributed by atoms with E-state index in [1.165, 1.54) is 7.11 Å². The number of alkyl halides is 3. The Labute approximate surface area is 78.8 Å². The molecule has 0 rings (SSSR count). The summed E-state index contributed by atoms with van der Waals surface area (Å²) in [6.07, 6.45) is 0.392. The first kappa shape index (κ1) is 12.8. The van der Waals surface area contributed by atoms with E-state index in [1.54, 1.807) is 0 Å². The lowest BCUT2D eigenvalue weighted by Gasteiger charge is -2.04. The number of methoxy groups -OCH3 is 1. The van der Waals surface area contributed by atoms with Gasteiger partial charge in [0.25, 0.3) is 0 Å². The molecule has 0 aliphatic heterocycles. The molecule has 0 aliphatic carbocycles. The Morgan fingerprint density at radius 1 is 1.46 bits per heavy atom. The Hall–Kier alpha value is -0.230. The highest BCUT2D eigenvalue weighted by Crippen LogP contribution is 2.30. The van der Waals surface area contributed by atoms with Gasteiger partial charge in [0.15, 0.2) is 5.78 Å². The number of carbonyl (C=O) groups excluding carboxylic acids is 1. The maximum absolute atomic E-state index is 11.6. The summed E-state index contributed by atoms with van der Waals surface area (Å²) in [6.45, 7) is -0.0172. The first-order chi connectivity index (χ1) is 5.95. The van der Waals surface area contributed by atoms with Gasteiger partial charge in [-0.05, 0) is 6.42 Å². The zero-order chi connectivity index (χ0) is 10.3. The van der Waals surface area contributed by atoms with Crippen LogP contribution in [0.15, 0.2) is 0 Å². The van der Waals surface area contributed by atoms with Gasteiger partial charge in [-0.1, -0.05) is 11.8 Å². The summed E-state index contributed by atoms with van der Waals surface area (Å²) in [5.74, 6) is -0.232. The minimum absolute atomic E-state index is 0.0172. The molecule has 0 aliphatic rings. The van der Waals surface area contributed by atoms with Crippen LogP contribution < -0.4 is 0 Å². The fourth-order valence-corrected chi connectivity index (χ4v) is 1.21. The van der Waals surface area contributed by atoms with Gasteiger partial charge in [-0.15, -0.1) is 0 Å². The maximum Gasteiger partial charge on any atom is 0.441 e. The summed E-state index contributed by atoms with van der Waals surface area (Å²) in [6, 6.07) is 0. The van der Waals surface area contributed by atoms with Crippen LogP contribution >= 0.6 is 11.8 Å². The predicted molar refractivity (Wildman–Crippen MR) is 44.6 cm³/mol. The third kappa shape index (κ3) is 9.69. The number of ketones is 1. The van der Waals surface area contributed by atoms with E-state index in [-0.39, 0.29) is 42.7 Å². The lowest BCUT2D eigenvalue weighted by atomic mass is 10.2. The van der Waals surface area contributed by atoms with E-state index in [0.717, 1.165) is 0 Å². The molecule has 0 N–H and O–H groups in total. The quantitative estimate of drug-likeness (QED) is 0.637. The van der Waals surface area contributed by atoms with Crippen molar-refractivity contribution < 1.29 is 22.7 Å². The standard InChI is InChI=1S/C7H11F3O2S/c1-12-5-6(11)3-2-4-13-7(8,9)10/h2-5H2,1H3. The van der Waals surface area contributed by atoms with Gasteiger partial charge in [-0.25, -0.2) is 0 Å². The van der Waals surface area contributed by atoms with Gasteiger partial charge >= 0.3 is 5.51 Å². The van der Waals surface area contributed by atoms with Gasteiger partial charge in [0.2, 0.25) is 0 Å². The maximum atomic E-state index is 11.6. The Morgan fingerprint density at radius 3 is 2.54 bits per heavy atom. The summed E-state index contributed by atoms with van der Waals surface area (Å²) >= 11 is -0.0994. The van der Waals surface area contributed by atoms with Crippen molar-refractivity contribution in [2.24, 2.45) is 0 Å². The van der Waals surface area contributed by atoms with Gasteiger partial charge in [0.05, 0.1) is 0 Å². The molecular weight excluding hydrogens is 205 g/mol. The van der Waals surface area contributed by atoms with Crippen molar-refractivity contribution in [2.45, 2.75) is 18.3 Å². The second kappa shape index (κ2) is 6.26. The van der Waals surface area contributed by atoms with Crippen LogP contribution in [-0.2, 0) is 9.53 Å². The average Bonchev–Trinajstić information content (AvgIpc) is 1.97. The van der Waals surface area contributed by atoms with Crippen LogP contribution in [0.25, 0.3) is 0 Å². The molecule has 0 unspecified atom stereocenters. The number of thioether (sulfide) groups is 1. The van der Waals surface area contributed by atoms with E-state index >= 15 is 0 Å². The number of Topliss-reactive ketones (excluding diaryl/α,β-unsaturated/α-hetero) is 1. The summed E-state index contributed by atoms with van der Waals surface area (Å²) in [5.41, 5.74) is -4.19. The minimum atomic E-state index is -4.19. The van der Waals surface area contributed by atoms with Crippen molar-refractivity contribution in [1.82, 2.24) is 0 Å². The molecule has 0 spiro atoms. The van der Waals surface area contributed by atoms with Crippen LogP contribution in [0.1, 0.15) is 12.8 Å². The molecule has 6 heteroatoms. The van der Waals surface area contributed by atoms with Gasteiger partial charge in [-0.3, -0.25) is 4.79 Å². The van der Waals surface area contributed by atoms with Crippen molar-refractivity contribution in [2.75, 3.05) is 19.5 Å². The van der Waals surface area contributed by atoms with E-state index in [4.69, 9.17) is 0 Å². The van der Waals surface area contributed by atoms with E-state index in [2.05, 4.69) is 4.74 Å². The van der Waals surface area contributed by atoms with Crippen LogP contribution in [0.2, 0.25) is 0 Å². The summed E-state index contributed by atoms with van der Waals surface area (Å²) in [7, 11) is 1.38. The van der Waals surface area contributed by atoms with Crippen LogP contribution in [-0.4, -0.2) is 30.8 Å². The summed E-state index contributed by atoms with van der Waals surface area (Å²) in [4.78, 5) is 10.8. The van der Waals surface area contributed by atoms with Crippen molar-refractivity contribution in [3.8, 4) is 0 Å². The topological polar surface area (TPSA) is 26.3 Å². The number of carbonyl (C=O) groups is 1. The fraction of sp³-hybridized carbons (Fsp3) is 0.857. The van der Waals surface area contributed by atoms with E-state index in [1.807, 2.05) is 0 Å². The van der Waals surface area contributed by atoms with Gasteiger partial charge in [-0.2, -0.15) is 13.2 Å². The van der Waals surface area contributed by atoms with Gasteiger partial charge in [0, 0.05) is 19.3 Å². The molecule has 0 saturated heterocycles. The van der Waals surface area contributed by atoms with Crippen molar-refractivity contribution in [3.05, 3.63) is 0 Å². The first-order valence-electron chi connectivity index (χ1n) is 3.67. The summed E-state index contributed by atoms with van der Waals surface area (Å²) < 4.78 is 39.3. The first-order valence-corrected chi connectivity index (χ1v) is 4.65. The van der Waals surface area contributed by atoms with Crippen LogP contribution in [0.4, 0.5) is 13.2 Å². The Balaban J connectivity index is 3.31. The molecule has 0 aromatic heterocycles. The lowest BCUT2D eigenvalue weighted by Crippen LogP contribution is -2.07. The van der Waals surface area contributed by atoms with Gasteiger partial charge < -0.3 is 4.74 Å². The van der Waals surface area contributed by atoms with Gasteiger partial charge in [0.1, 0.15) is 6.61 Å². The van der Waals surface area contributed by atoms with E-state index < -0.39 is 5.51 Å². The molecule has 0 radical (unpaired) electrons.